The van der Waals surface area contributed by atoms with Gasteiger partial charge in [-0.15, -0.1) is 0 Å². The Morgan fingerprint density at radius 2 is 2.40 bits per heavy atom. The Bertz CT molecular complexity index is 342. The molecule has 0 unspecified atom stereocenters. The molecule has 0 aromatic carbocycles. The molecule has 82 valence electrons. The maximum Gasteiger partial charge on any atom is 0.294 e. The van der Waals surface area contributed by atoms with Gasteiger partial charge in [0.25, 0.3) is 5.91 Å². The predicted molar refractivity (Wildman–Crippen MR) is 60.2 cm³/mol. The molecule has 0 fully saturated rings. The molecule has 1 rings (SSSR count). The summed E-state index contributed by atoms with van der Waals surface area (Å²) in [6.45, 7) is 4.49. The number of hydroxylamine groups is 1. The topological polar surface area (TPSA) is 51.2 Å². The zero-order valence-electron chi connectivity index (χ0n) is 8.66. The summed E-state index contributed by atoms with van der Waals surface area (Å²) in [5, 5.41) is 0. The molecule has 15 heavy (non-hydrogen) atoms. The van der Waals surface area contributed by atoms with Gasteiger partial charge in [-0.05, 0) is 34.0 Å². The Balaban J connectivity index is 2.51. The van der Waals surface area contributed by atoms with Crippen molar-refractivity contribution >= 4 is 21.8 Å². The van der Waals surface area contributed by atoms with E-state index in [1.165, 1.54) is 0 Å². The summed E-state index contributed by atoms with van der Waals surface area (Å²) in [7, 11) is 0. The van der Waals surface area contributed by atoms with E-state index < -0.39 is 0 Å². The summed E-state index contributed by atoms with van der Waals surface area (Å²) < 4.78 is 0.649. The van der Waals surface area contributed by atoms with Gasteiger partial charge >= 0.3 is 0 Å². The smallest absolute Gasteiger partial charge is 0.273 e. The van der Waals surface area contributed by atoms with Crippen molar-refractivity contribution in [3.8, 4) is 0 Å². The minimum atomic E-state index is -0.344. The van der Waals surface area contributed by atoms with Crippen LogP contribution in [0.15, 0.2) is 22.8 Å². The zero-order valence-corrected chi connectivity index (χ0v) is 10.2. The van der Waals surface area contributed by atoms with Gasteiger partial charge in [0, 0.05) is 10.7 Å². The van der Waals surface area contributed by atoms with E-state index in [1.54, 1.807) is 18.3 Å². The second-order valence-corrected chi connectivity index (χ2v) is 4.32. The molecule has 0 saturated carbocycles. The quantitative estimate of drug-likeness (QED) is 0.855. The first kappa shape index (κ1) is 12.1. The molecule has 5 heteroatoms. The van der Waals surface area contributed by atoms with Crippen LogP contribution in [0.25, 0.3) is 0 Å². The number of halogens is 1. The number of hydrogen-bond donors (Lipinski definition) is 1. The number of aromatic nitrogens is 1. The summed E-state index contributed by atoms with van der Waals surface area (Å²) in [6.07, 6.45) is 1.56. The van der Waals surface area contributed by atoms with E-state index in [9.17, 15) is 4.79 Å². The molecule has 1 N–H and O–H groups in total. The second-order valence-electron chi connectivity index (χ2n) is 3.47. The Hall–Kier alpha value is -0.940. The van der Waals surface area contributed by atoms with Gasteiger partial charge in [-0.3, -0.25) is 9.63 Å². The molecule has 4 nitrogen and oxygen atoms in total. The fourth-order valence-electron chi connectivity index (χ4n) is 0.875. The van der Waals surface area contributed by atoms with Gasteiger partial charge in [0.2, 0.25) is 0 Å². The van der Waals surface area contributed by atoms with Crippen molar-refractivity contribution in [2.45, 2.75) is 13.8 Å². The molecule has 1 amide bonds. The molecule has 0 aliphatic heterocycles. The summed E-state index contributed by atoms with van der Waals surface area (Å²) in [6, 6.07) is 3.50. The number of pyridine rings is 1. The number of carbonyl (C=O) groups is 1. The van der Waals surface area contributed by atoms with Gasteiger partial charge in [-0.1, -0.05) is 13.8 Å². The van der Waals surface area contributed by atoms with E-state index in [-0.39, 0.29) is 5.91 Å². The molecule has 0 bridgehead atoms. The standard InChI is InChI=1S/C10H13BrN2O2/c1-7(2)6-15-13-10(14)9-8(11)4-3-5-12-9/h3-5,7H,6H2,1-2H3,(H,13,14). The average molecular weight is 273 g/mol. The number of carbonyl (C=O) groups excluding carboxylic acids is 1. The molecular weight excluding hydrogens is 260 g/mol. The Morgan fingerprint density at radius 1 is 1.67 bits per heavy atom. The molecule has 1 heterocycles. The van der Waals surface area contributed by atoms with E-state index in [4.69, 9.17) is 4.84 Å². The average Bonchev–Trinajstić information content (AvgIpc) is 2.17. The van der Waals surface area contributed by atoms with E-state index >= 15 is 0 Å². The molecule has 0 aliphatic rings. The molecule has 0 radical (unpaired) electrons. The van der Waals surface area contributed by atoms with E-state index in [2.05, 4.69) is 26.4 Å². The highest BCUT2D eigenvalue weighted by atomic mass is 79.9. The number of nitrogens with one attached hydrogen (secondary N) is 1. The van der Waals surface area contributed by atoms with Crippen molar-refractivity contribution in [2.24, 2.45) is 5.92 Å². The van der Waals surface area contributed by atoms with Crippen molar-refractivity contribution in [3.05, 3.63) is 28.5 Å². The summed E-state index contributed by atoms with van der Waals surface area (Å²) in [4.78, 5) is 20.5. The van der Waals surface area contributed by atoms with Gasteiger partial charge in [0.15, 0.2) is 0 Å². The van der Waals surface area contributed by atoms with Crippen LogP contribution in [0.4, 0.5) is 0 Å². The molecule has 1 aromatic rings. The minimum Gasteiger partial charge on any atom is -0.273 e. The third kappa shape index (κ3) is 3.97. The highest BCUT2D eigenvalue weighted by Gasteiger charge is 2.10. The molecule has 0 atom stereocenters. The SMILES string of the molecule is CC(C)CONC(=O)c1ncccc1Br. The normalized spacial score (nSPS) is 10.4. The fourth-order valence-corrected chi connectivity index (χ4v) is 1.31. The minimum absolute atomic E-state index is 0.321. The number of hydrogen-bond acceptors (Lipinski definition) is 3. The van der Waals surface area contributed by atoms with Gasteiger partial charge in [-0.2, -0.15) is 0 Å². The Morgan fingerprint density at radius 3 is 3.00 bits per heavy atom. The summed E-state index contributed by atoms with van der Waals surface area (Å²) >= 11 is 3.24. The first-order chi connectivity index (χ1) is 7.11. The lowest BCUT2D eigenvalue weighted by atomic mass is 10.2. The molecule has 1 aromatic heterocycles. The maximum absolute atomic E-state index is 11.5. The highest BCUT2D eigenvalue weighted by molar-refractivity contribution is 9.10. The van der Waals surface area contributed by atoms with Crippen LogP contribution in [0.3, 0.4) is 0 Å². The van der Waals surface area contributed by atoms with E-state index in [1.807, 2.05) is 13.8 Å². The summed E-state index contributed by atoms with van der Waals surface area (Å²) in [5.74, 6) is 0.0283. The Kier molecular flexibility index (Phi) is 4.71. The number of amides is 1. The largest absolute Gasteiger partial charge is 0.294 e. The predicted octanol–water partition coefficient (Wildman–Crippen LogP) is 2.16. The highest BCUT2D eigenvalue weighted by Crippen LogP contribution is 2.12. The summed E-state index contributed by atoms with van der Waals surface area (Å²) in [5.41, 5.74) is 2.66. The van der Waals surface area contributed by atoms with Crippen LogP contribution in [0.1, 0.15) is 24.3 Å². The molecule has 0 spiro atoms. The number of nitrogens with zero attached hydrogens (tertiary/aromatic N) is 1. The van der Waals surface area contributed by atoms with Crippen molar-refractivity contribution in [3.63, 3.8) is 0 Å². The van der Waals surface area contributed by atoms with Gasteiger partial charge < -0.3 is 0 Å². The van der Waals surface area contributed by atoms with Crippen LogP contribution in [0, 0.1) is 5.92 Å². The van der Waals surface area contributed by atoms with Crippen molar-refractivity contribution < 1.29 is 9.63 Å². The maximum atomic E-state index is 11.5. The zero-order chi connectivity index (χ0) is 11.3. The Labute approximate surface area is 97.1 Å². The van der Waals surface area contributed by atoms with Crippen molar-refractivity contribution in [1.29, 1.82) is 0 Å². The lowest BCUT2D eigenvalue weighted by molar-refractivity contribution is 0.0204. The molecule has 0 saturated heterocycles. The molecular formula is C10H13BrN2O2. The van der Waals surface area contributed by atoms with Gasteiger partial charge in [0.1, 0.15) is 5.69 Å². The van der Waals surface area contributed by atoms with Crippen molar-refractivity contribution in [2.75, 3.05) is 6.61 Å². The van der Waals surface area contributed by atoms with Crippen LogP contribution in [0.2, 0.25) is 0 Å². The lowest BCUT2D eigenvalue weighted by Crippen LogP contribution is -2.26. The van der Waals surface area contributed by atoms with Crippen LogP contribution >= 0.6 is 15.9 Å². The first-order valence-electron chi connectivity index (χ1n) is 4.64. The van der Waals surface area contributed by atoms with Gasteiger partial charge in [0.05, 0.1) is 6.61 Å². The number of rotatable bonds is 4. The van der Waals surface area contributed by atoms with Crippen LogP contribution in [-0.2, 0) is 4.84 Å². The first-order valence-corrected chi connectivity index (χ1v) is 5.43. The van der Waals surface area contributed by atoms with E-state index in [0.717, 1.165) is 0 Å². The van der Waals surface area contributed by atoms with Gasteiger partial charge in [-0.25, -0.2) is 10.5 Å². The van der Waals surface area contributed by atoms with Crippen LogP contribution in [0.5, 0.6) is 0 Å². The van der Waals surface area contributed by atoms with Crippen LogP contribution in [-0.4, -0.2) is 17.5 Å². The monoisotopic (exact) mass is 272 g/mol. The lowest BCUT2D eigenvalue weighted by Gasteiger charge is -2.07. The fraction of sp³-hybridized carbons (Fsp3) is 0.400. The second kappa shape index (κ2) is 5.82. The third-order valence-electron chi connectivity index (χ3n) is 1.56. The van der Waals surface area contributed by atoms with E-state index in [0.29, 0.717) is 22.7 Å². The van der Waals surface area contributed by atoms with Crippen molar-refractivity contribution in [1.82, 2.24) is 10.5 Å². The third-order valence-corrected chi connectivity index (χ3v) is 2.19. The molecule has 0 aliphatic carbocycles. The van der Waals surface area contributed by atoms with Crippen LogP contribution < -0.4 is 5.48 Å².